The van der Waals surface area contributed by atoms with Gasteiger partial charge in [0.1, 0.15) is 11.3 Å². The summed E-state index contributed by atoms with van der Waals surface area (Å²) in [5.74, 6) is 0.378. The Morgan fingerprint density at radius 1 is 1.39 bits per heavy atom. The molecule has 0 bridgehead atoms. The first-order valence-electron chi connectivity index (χ1n) is 7.53. The van der Waals surface area contributed by atoms with Crippen LogP contribution in [-0.4, -0.2) is 38.0 Å². The summed E-state index contributed by atoms with van der Waals surface area (Å²) in [4.78, 5) is 12.4. The van der Waals surface area contributed by atoms with Crippen LogP contribution in [0.5, 0.6) is 5.75 Å². The smallest absolute Gasteiger partial charge is 0.251 e. The summed E-state index contributed by atoms with van der Waals surface area (Å²) in [5.41, 5.74) is 0.958. The number of fused-ring (bicyclic) bond motifs is 1. The van der Waals surface area contributed by atoms with Crippen molar-refractivity contribution in [2.24, 2.45) is 0 Å². The van der Waals surface area contributed by atoms with Crippen molar-refractivity contribution in [3.8, 4) is 5.75 Å². The molecule has 1 aliphatic heterocycles. The Labute approximate surface area is 134 Å². The minimum atomic E-state index is -3.03. The van der Waals surface area contributed by atoms with Gasteiger partial charge in [-0.05, 0) is 38.5 Å². The van der Waals surface area contributed by atoms with Gasteiger partial charge in [-0.15, -0.1) is 0 Å². The number of rotatable bonds is 4. The molecule has 2 aromatic rings. The van der Waals surface area contributed by atoms with Gasteiger partial charge in [0.15, 0.2) is 9.84 Å². The molecule has 1 saturated heterocycles. The van der Waals surface area contributed by atoms with Gasteiger partial charge in [-0.2, -0.15) is 0 Å². The monoisotopic (exact) mass is 337 g/mol. The number of benzene rings is 1. The third kappa shape index (κ3) is 3.50. The predicted molar refractivity (Wildman–Crippen MR) is 86.5 cm³/mol. The lowest BCUT2D eigenvalue weighted by molar-refractivity contribution is 0.0940. The second-order valence-corrected chi connectivity index (χ2v) is 8.28. The lowest BCUT2D eigenvalue weighted by atomic mass is 10.1. The highest BCUT2D eigenvalue weighted by molar-refractivity contribution is 7.91. The van der Waals surface area contributed by atoms with Crippen LogP contribution in [0.15, 0.2) is 28.9 Å². The van der Waals surface area contributed by atoms with Gasteiger partial charge in [-0.1, -0.05) is 0 Å². The molecule has 1 unspecified atom stereocenters. The average Bonchev–Trinajstić information content (AvgIpc) is 3.04. The summed E-state index contributed by atoms with van der Waals surface area (Å²) in [6.07, 6.45) is 1.96. The fraction of sp³-hybridized carbons (Fsp3) is 0.438. The SMILES string of the molecule is CC(C)Oc1cc(C(=O)NC2CCS(=O)(=O)C2)cc2occc12. The van der Waals surface area contributed by atoms with E-state index in [-0.39, 0.29) is 29.6 Å². The van der Waals surface area contributed by atoms with Gasteiger partial charge in [-0.3, -0.25) is 4.79 Å². The molecule has 0 spiro atoms. The minimum absolute atomic E-state index is 0.00289. The van der Waals surface area contributed by atoms with Gasteiger partial charge < -0.3 is 14.5 Å². The molecule has 7 heteroatoms. The highest BCUT2D eigenvalue weighted by Gasteiger charge is 2.29. The van der Waals surface area contributed by atoms with Gasteiger partial charge in [0, 0.05) is 11.6 Å². The summed E-state index contributed by atoms with van der Waals surface area (Å²) < 4.78 is 34.1. The van der Waals surface area contributed by atoms with E-state index in [1.165, 1.54) is 0 Å². The highest BCUT2D eigenvalue weighted by Crippen LogP contribution is 2.29. The molecule has 124 valence electrons. The zero-order valence-corrected chi connectivity index (χ0v) is 13.9. The Kier molecular flexibility index (Phi) is 4.06. The summed E-state index contributed by atoms with van der Waals surface area (Å²) >= 11 is 0. The molecule has 1 atom stereocenters. The zero-order valence-electron chi connectivity index (χ0n) is 13.0. The van der Waals surface area contributed by atoms with Crippen LogP contribution < -0.4 is 10.1 Å². The number of nitrogens with one attached hydrogen (secondary N) is 1. The standard InChI is InChI=1S/C16H19NO5S/c1-10(2)22-15-8-11(7-14-13(15)3-5-21-14)16(18)17-12-4-6-23(19,20)9-12/h3,5,7-8,10,12H,4,6,9H2,1-2H3,(H,17,18). The van der Waals surface area contributed by atoms with Crippen molar-refractivity contribution in [1.29, 1.82) is 0 Å². The molecule has 6 nitrogen and oxygen atoms in total. The number of furan rings is 1. The van der Waals surface area contributed by atoms with Crippen molar-refractivity contribution in [2.75, 3.05) is 11.5 Å². The second-order valence-electron chi connectivity index (χ2n) is 6.05. The molecule has 1 aliphatic rings. The van der Waals surface area contributed by atoms with E-state index in [1.54, 1.807) is 24.5 Å². The van der Waals surface area contributed by atoms with Gasteiger partial charge >= 0.3 is 0 Å². The molecule has 2 heterocycles. The maximum Gasteiger partial charge on any atom is 0.251 e. The molecule has 23 heavy (non-hydrogen) atoms. The lowest BCUT2D eigenvalue weighted by Crippen LogP contribution is -2.35. The third-order valence-electron chi connectivity index (χ3n) is 3.73. The Balaban J connectivity index is 1.85. The maximum atomic E-state index is 12.4. The number of amides is 1. The summed E-state index contributed by atoms with van der Waals surface area (Å²) in [6.45, 7) is 3.81. The van der Waals surface area contributed by atoms with E-state index in [0.29, 0.717) is 23.3 Å². The lowest BCUT2D eigenvalue weighted by Gasteiger charge is -2.14. The minimum Gasteiger partial charge on any atom is -0.490 e. The Morgan fingerprint density at radius 3 is 2.83 bits per heavy atom. The zero-order chi connectivity index (χ0) is 16.6. The molecular weight excluding hydrogens is 318 g/mol. The topological polar surface area (TPSA) is 85.6 Å². The van der Waals surface area contributed by atoms with E-state index in [4.69, 9.17) is 9.15 Å². The van der Waals surface area contributed by atoms with Gasteiger partial charge in [0.05, 0.1) is 29.3 Å². The first-order chi connectivity index (χ1) is 10.8. The van der Waals surface area contributed by atoms with E-state index in [1.807, 2.05) is 13.8 Å². The summed E-state index contributed by atoms with van der Waals surface area (Å²) in [6, 6.07) is 4.75. The maximum absolute atomic E-state index is 12.4. The predicted octanol–water partition coefficient (Wildman–Crippen LogP) is 2.14. The quantitative estimate of drug-likeness (QED) is 0.924. The Bertz CT molecular complexity index is 837. The van der Waals surface area contributed by atoms with Gasteiger partial charge in [0.2, 0.25) is 0 Å². The van der Waals surface area contributed by atoms with Crippen LogP contribution in [0, 0.1) is 0 Å². The number of hydrogen-bond acceptors (Lipinski definition) is 5. The van der Waals surface area contributed by atoms with Crippen molar-refractivity contribution < 1.29 is 22.4 Å². The van der Waals surface area contributed by atoms with Crippen LogP contribution in [0.3, 0.4) is 0 Å². The van der Waals surface area contributed by atoms with Crippen LogP contribution in [0.25, 0.3) is 11.0 Å². The van der Waals surface area contributed by atoms with Crippen LogP contribution in [0.1, 0.15) is 30.6 Å². The molecule has 1 fully saturated rings. The van der Waals surface area contributed by atoms with E-state index in [0.717, 1.165) is 5.39 Å². The largest absolute Gasteiger partial charge is 0.490 e. The molecule has 1 N–H and O–H groups in total. The van der Waals surface area contributed by atoms with E-state index in [2.05, 4.69) is 5.32 Å². The molecule has 0 radical (unpaired) electrons. The van der Waals surface area contributed by atoms with Crippen molar-refractivity contribution >= 4 is 26.7 Å². The van der Waals surface area contributed by atoms with Gasteiger partial charge in [0.25, 0.3) is 5.91 Å². The van der Waals surface area contributed by atoms with Crippen molar-refractivity contribution in [3.05, 3.63) is 30.0 Å². The number of ether oxygens (including phenoxy) is 1. The van der Waals surface area contributed by atoms with Crippen LogP contribution in [0.2, 0.25) is 0 Å². The number of carbonyl (C=O) groups is 1. The summed E-state index contributed by atoms with van der Waals surface area (Å²) in [7, 11) is -3.03. The van der Waals surface area contributed by atoms with Crippen LogP contribution in [0.4, 0.5) is 0 Å². The second kappa shape index (κ2) is 5.88. The van der Waals surface area contributed by atoms with Crippen molar-refractivity contribution in [3.63, 3.8) is 0 Å². The first kappa shape index (κ1) is 15.9. The Hall–Kier alpha value is -2.02. The van der Waals surface area contributed by atoms with Gasteiger partial charge in [-0.25, -0.2) is 8.42 Å². The van der Waals surface area contributed by atoms with Crippen molar-refractivity contribution in [2.45, 2.75) is 32.4 Å². The average molecular weight is 337 g/mol. The molecule has 1 aromatic carbocycles. The molecular formula is C16H19NO5S. The number of sulfone groups is 1. The van der Waals surface area contributed by atoms with Crippen LogP contribution >= 0.6 is 0 Å². The first-order valence-corrected chi connectivity index (χ1v) is 9.35. The molecule has 3 rings (SSSR count). The molecule has 1 amide bonds. The number of carbonyl (C=O) groups excluding carboxylic acids is 1. The van der Waals surface area contributed by atoms with E-state index >= 15 is 0 Å². The van der Waals surface area contributed by atoms with E-state index in [9.17, 15) is 13.2 Å². The fourth-order valence-electron chi connectivity index (χ4n) is 2.70. The third-order valence-corrected chi connectivity index (χ3v) is 5.49. The molecule has 1 aromatic heterocycles. The number of hydrogen-bond donors (Lipinski definition) is 1. The van der Waals surface area contributed by atoms with Crippen LogP contribution in [-0.2, 0) is 9.84 Å². The normalized spacial score (nSPS) is 20.0. The Morgan fingerprint density at radius 2 is 2.17 bits per heavy atom. The van der Waals surface area contributed by atoms with Crippen molar-refractivity contribution in [1.82, 2.24) is 5.32 Å². The molecule has 0 aliphatic carbocycles. The fourth-order valence-corrected chi connectivity index (χ4v) is 4.37. The highest BCUT2D eigenvalue weighted by atomic mass is 32.2. The molecule has 0 saturated carbocycles. The van der Waals surface area contributed by atoms with E-state index < -0.39 is 9.84 Å². The summed E-state index contributed by atoms with van der Waals surface area (Å²) in [5, 5.41) is 3.58.